The Morgan fingerprint density at radius 1 is 1.57 bits per heavy atom. The fourth-order valence-electron chi connectivity index (χ4n) is 1.09. The summed E-state index contributed by atoms with van der Waals surface area (Å²) < 4.78 is 0. The number of nitriles is 1. The van der Waals surface area contributed by atoms with Crippen molar-refractivity contribution in [3.8, 4) is 6.07 Å². The molecular weight excluding hydrogens is 202 g/mol. The van der Waals surface area contributed by atoms with Crippen LogP contribution in [0.15, 0.2) is 17.0 Å². The quantitative estimate of drug-likeness (QED) is 0.635. The molecule has 0 radical (unpaired) electrons. The van der Waals surface area contributed by atoms with Gasteiger partial charge in [-0.05, 0) is 17.7 Å². The molecular formula is C9H7NO3S. The average molecular weight is 209 g/mol. The van der Waals surface area contributed by atoms with Crippen LogP contribution in [0.2, 0.25) is 0 Å². The molecule has 4 nitrogen and oxygen atoms in total. The highest BCUT2D eigenvalue weighted by molar-refractivity contribution is 7.80. The highest BCUT2D eigenvalue weighted by atomic mass is 32.1. The third kappa shape index (κ3) is 1.87. The summed E-state index contributed by atoms with van der Waals surface area (Å²) >= 11 is 3.94. The van der Waals surface area contributed by atoms with Gasteiger partial charge < -0.3 is 10.2 Å². The van der Waals surface area contributed by atoms with Gasteiger partial charge in [-0.2, -0.15) is 5.26 Å². The molecule has 1 aromatic rings. The molecule has 0 atom stereocenters. The van der Waals surface area contributed by atoms with Crippen LogP contribution >= 0.6 is 12.6 Å². The molecule has 0 amide bonds. The van der Waals surface area contributed by atoms with Gasteiger partial charge in [-0.1, -0.05) is 0 Å². The van der Waals surface area contributed by atoms with Gasteiger partial charge in [0.25, 0.3) is 0 Å². The molecule has 0 fully saturated rings. The number of hydrogen-bond donors (Lipinski definition) is 3. The monoisotopic (exact) mass is 209 g/mol. The third-order valence-corrected chi connectivity index (χ3v) is 2.05. The lowest BCUT2D eigenvalue weighted by Crippen LogP contribution is -2.03. The molecule has 0 bridgehead atoms. The number of nitrogens with zero attached hydrogens (tertiary/aromatic N) is 1. The zero-order chi connectivity index (χ0) is 10.7. The number of benzene rings is 1. The zero-order valence-corrected chi connectivity index (χ0v) is 7.95. The van der Waals surface area contributed by atoms with Crippen molar-refractivity contribution in [1.29, 1.82) is 5.26 Å². The van der Waals surface area contributed by atoms with E-state index in [-0.39, 0.29) is 22.6 Å². The van der Waals surface area contributed by atoms with Crippen LogP contribution in [0.3, 0.4) is 0 Å². The normalized spacial score (nSPS) is 9.50. The van der Waals surface area contributed by atoms with E-state index >= 15 is 0 Å². The Hall–Kier alpha value is -1.51. The highest BCUT2D eigenvalue weighted by Gasteiger charge is 2.14. The first kappa shape index (κ1) is 10.6. The summed E-state index contributed by atoms with van der Waals surface area (Å²) in [4.78, 5) is 10.9. The first-order chi connectivity index (χ1) is 6.60. The fraction of sp³-hybridized carbons (Fsp3) is 0.111. The standard InChI is InChI=1S/C9H7NO3S/c10-3-6-1-5(4-11)2-7(14)8(6)9(12)13/h1-2,11,14H,4H2,(H,12,13). The van der Waals surface area contributed by atoms with E-state index in [1.54, 1.807) is 6.07 Å². The maximum Gasteiger partial charge on any atom is 0.338 e. The Kier molecular flexibility index (Phi) is 3.12. The number of thiol groups is 1. The van der Waals surface area contributed by atoms with Crippen LogP contribution in [0, 0.1) is 11.3 Å². The number of carbonyl (C=O) groups is 1. The van der Waals surface area contributed by atoms with Crippen molar-refractivity contribution in [3.05, 3.63) is 28.8 Å². The number of aliphatic hydroxyl groups excluding tert-OH is 1. The molecule has 0 heterocycles. The van der Waals surface area contributed by atoms with Gasteiger partial charge in [0, 0.05) is 4.90 Å². The number of rotatable bonds is 2. The van der Waals surface area contributed by atoms with Crippen LogP contribution < -0.4 is 0 Å². The predicted octanol–water partition coefficient (Wildman–Crippen LogP) is 1.04. The van der Waals surface area contributed by atoms with Gasteiger partial charge in [-0.25, -0.2) is 4.79 Å². The summed E-state index contributed by atoms with van der Waals surface area (Å²) in [5, 5.41) is 26.3. The van der Waals surface area contributed by atoms with Crippen molar-refractivity contribution < 1.29 is 15.0 Å². The van der Waals surface area contributed by atoms with Gasteiger partial charge in [-0.3, -0.25) is 0 Å². The third-order valence-electron chi connectivity index (χ3n) is 1.69. The van der Waals surface area contributed by atoms with Gasteiger partial charge in [0.15, 0.2) is 0 Å². The van der Waals surface area contributed by atoms with Crippen LogP contribution in [0.25, 0.3) is 0 Å². The van der Waals surface area contributed by atoms with E-state index in [0.717, 1.165) is 0 Å². The van der Waals surface area contributed by atoms with Crippen molar-refractivity contribution in [1.82, 2.24) is 0 Å². The number of aromatic carboxylic acids is 1. The SMILES string of the molecule is N#Cc1cc(CO)cc(S)c1C(=O)O. The summed E-state index contributed by atoms with van der Waals surface area (Å²) in [6.07, 6.45) is 0. The largest absolute Gasteiger partial charge is 0.478 e. The van der Waals surface area contributed by atoms with E-state index in [1.807, 2.05) is 0 Å². The number of carboxylic acids is 1. The van der Waals surface area contributed by atoms with E-state index in [4.69, 9.17) is 15.5 Å². The Morgan fingerprint density at radius 2 is 2.21 bits per heavy atom. The Balaban J connectivity index is 3.44. The molecule has 72 valence electrons. The maximum absolute atomic E-state index is 10.7. The lowest BCUT2D eigenvalue weighted by Gasteiger charge is -2.04. The molecule has 2 N–H and O–H groups in total. The van der Waals surface area contributed by atoms with E-state index < -0.39 is 5.97 Å². The number of carboxylic acid groups (broad SMARTS) is 1. The second kappa shape index (κ2) is 4.13. The van der Waals surface area contributed by atoms with Gasteiger partial charge in [0.05, 0.1) is 17.7 Å². The fourth-order valence-corrected chi connectivity index (χ4v) is 1.47. The van der Waals surface area contributed by atoms with Crippen molar-refractivity contribution in [3.63, 3.8) is 0 Å². The van der Waals surface area contributed by atoms with E-state index in [1.165, 1.54) is 12.1 Å². The van der Waals surface area contributed by atoms with Crippen LogP contribution in [0.4, 0.5) is 0 Å². The van der Waals surface area contributed by atoms with E-state index in [2.05, 4.69) is 12.6 Å². The summed E-state index contributed by atoms with van der Waals surface area (Å²) in [6, 6.07) is 4.51. The highest BCUT2D eigenvalue weighted by Crippen LogP contribution is 2.20. The average Bonchev–Trinajstić information content (AvgIpc) is 2.15. The molecule has 1 rings (SSSR count). The molecule has 0 aromatic heterocycles. The van der Waals surface area contributed by atoms with Crippen LogP contribution in [-0.2, 0) is 6.61 Å². The van der Waals surface area contributed by atoms with Gasteiger partial charge in [0.1, 0.15) is 6.07 Å². The Morgan fingerprint density at radius 3 is 2.64 bits per heavy atom. The summed E-state index contributed by atoms with van der Waals surface area (Å²) in [5.74, 6) is -1.20. The summed E-state index contributed by atoms with van der Waals surface area (Å²) in [7, 11) is 0. The molecule has 0 spiro atoms. The Labute approximate surface area is 85.8 Å². The zero-order valence-electron chi connectivity index (χ0n) is 7.06. The minimum atomic E-state index is -1.20. The van der Waals surface area contributed by atoms with Crippen LogP contribution in [-0.4, -0.2) is 16.2 Å². The molecule has 0 unspecified atom stereocenters. The van der Waals surface area contributed by atoms with Crippen molar-refractivity contribution >= 4 is 18.6 Å². The van der Waals surface area contributed by atoms with Crippen molar-refractivity contribution in [2.75, 3.05) is 0 Å². The minimum Gasteiger partial charge on any atom is -0.478 e. The predicted molar refractivity (Wildman–Crippen MR) is 51.3 cm³/mol. The number of aliphatic hydroxyl groups is 1. The summed E-state index contributed by atoms with van der Waals surface area (Å²) in [5.41, 5.74) is 0.346. The smallest absolute Gasteiger partial charge is 0.338 e. The second-order valence-electron chi connectivity index (χ2n) is 2.61. The van der Waals surface area contributed by atoms with E-state index in [9.17, 15) is 4.79 Å². The van der Waals surface area contributed by atoms with Crippen molar-refractivity contribution in [2.24, 2.45) is 0 Å². The van der Waals surface area contributed by atoms with E-state index in [0.29, 0.717) is 5.56 Å². The maximum atomic E-state index is 10.7. The summed E-state index contributed by atoms with van der Waals surface area (Å²) in [6.45, 7) is -0.248. The lowest BCUT2D eigenvalue weighted by atomic mass is 10.1. The topological polar surface area (TPSA) is 81.3 Å². The molecule has 14 heavy (non-hydrogen) atoms. The molecule has 0 aliphatic heterocycles. The molecule has 1 aromatic carbocycles. The minimum absolute atomic E-state index is 0.00838. The first-order valence-electron chi connectivity index (χ1n) is 3.70. The molecule has 0 aliphatic rings. The lowest BCUT2D eigenvalue weighted by molar-refractivity contribution is 0.0692. The van der Waals surface area contributed by atoms with Gasteiger partial charge >= 0.3 is 5.97 Å². The van der Waals surface area contributed by atoms with Gasteiger partial charge in [0.2, 0.25) is 0 Å². The number of hydrogen-bond acceptors (Lipinski definition) is 4. The second-order valence-corrected chi connectivity index (χ2v) is 3.09. The van der Waals surface area contributed by atoms with Crippen molar-refractivity contribution in [2.45, 2.75) is 11.5 Å². The molecule has 0 aliphatic carbocycles. The van der Waals surface area contributed by atoms with Gasteiger partial charge in [-0.15, -0.1) is 12.6 Å². The Bertz CT molecular complexity index is 423. The molecule has 5 heteroatoms. The van der Waals surface area contributed by atoms with Crippen LogP contribution in [0.1, 0.15) is 21.5 Å². The first-order valence-corrected chi connectivity index (χ1v) is 4.15. The van der Waals surface area contributed by atoms with Crippen LogP contribution in [0.5, 0.6) is 0 Å². The molecule has 0 saturated carbocycles. The molecule has 0 saturated heterocycles.